The van der Waals surface area contributed by atoms with Crippen LogP contribution in [0.4, 0.5) is 0 Å². The number of Topliss-reactive ketones (excluding diaryl/α,β-unsaturated/α-hetero) is 1. The Hall–Kier alpha value is -1.05. The first-order chi connectivity index (χ1) is 10.3. The second-order valence-corrected chi connectivity index (χ2v) is 6.20. The molecule has 1 heterocycles. The fraction of sp³-hybridized carbons (Fsp3) is 0.737. The van der Waals surface area contributed by atoms with Crippen LogP contribution in [-0.4, -0.2) is 10.8 Å². The maximum absolute atomic E-state index is 11.8. The maximum Gasteiger partial charge on any atom is 0.138 e. The van der Waals surface area contributed by atoms with Crippen molar-refractivity contribution in [2.45, 2.75) is 90.4 Å². The molecule has 0 fully saturated rings. The molecule has 2 heteroatoms. The van der Waals surface area contributed by atoms with E-state index in [2.05, 4.69) is 11.9 Å². The van der Waals surface area contributed by atoms with Crippen molar-refractivity contribution in [2.75, 3.05) is 0 Å². The first kappa shape index (κ1) is 18.0. The van der Waals surface area contributed by atoms with Gasteiger partial charge in [-0.2, -0.15) is 0 Å². The third-order valence-corrected chi connectivity index (χ3v) is 4.11. The summed E-state index contributed by atoms with van der Waals surface area (Å²) in [5.41, 5.74) is 1.04. The van der Waals surface area contributed by atoms with E-state index >= 15 is 0 Å². The summed E-state index contributed by atoms with van der Waals surface area (Å²) in [4.78, 5) is 14.8. The predicted octanol–water partition coefficient (Wildman–Crippen LogP) is 5.83. The van der Waals surface area contributed by atoms with Gasteiger partial charge in [0, 0.05) is 24.7 Å². The molecule has 0 amide bonds. The monoisotopic (exact) mass is 291 g/mol. The molecule has 0 saturated heterocycles. The first-order valence-electron chi connectivity index (χ1n) is 8.97. The van der Waals surface area contributed by atoms with Gasteiger partial charge in [-0.25, -0.2) is 0 Å². The Kier molecular flexibility index (Phi) is 10.9. The van der Waals surface area contributed by atoms with Crippen molar-refractivity contribution < 1.29 is 4.79 Å². The molecule has 0 bridgehead atoms. The van der Waals surface area contributed by atoms with Gasteiger partial charge in [-0.05, 0) is 18.6 Å². The standard InChI is InChI=1S/C19H33NO/c1-2-3-4-5-6-7-8-9-10-11-12-15-19(21)17-18-14-13-16-20-18/h13-14,16,20H,2-12,15,17H2,1H3. The number of unbranched alkanes of at least 4 members (excludes halogenated alkanes) is 10. The van der Waals surface area contributed by atoms with Gasteiger partial charge in [-0.15, -0.1) is 0 Å². The van der Waals surface area contributed by atoms with E-state index < -0.39 is 0 Å². The van der Waals surface area contributed by atoms with E-state index in [0.717, 1.165) is 18.5 Å². The van der Waals surface area contributed by atoms with Gasteiger partial charge in [0.15, 0.2) is 0 Å². The van der Waals surface area contributed by atoms with Crippen molar-refractivity contribution in [3.8, 4) is 0 Å². The molecule has 0 unspecified atom stereocenters. The molecule has 0 aliphatic carbocycles. The van der Waals surface area contributed by atoms with Crippen molar-refractivity contribution in [3.63, 3.8) is 0 Å². The largest absolute Gasteiger partial charge is 0.365 e. The van der Waals surface area contributed by atoms with Crippen molar-refractivity contribution in [2.24, 2.45) is 0 Å². The fourth-order valence-corrected chi connectivity index (χ4v) is 2.76. The minimum atomic E-state index is 0.369. The number of nitrogens with one attached hydrogen (secondary N) is 1. The van der Waals surface area contributed by atoms with Crippen molar-refractivity contribution >= 4 is 5.78 Å². The topological polar surface area (TPSA) is 32.9 Å². The van der Waals surface area contributed by atoms with Crippen LogP contribution in [0.15, 0.2) is 18.3 Å². The zero-order valence-corrected chi connectivity index (χ0v) is 13.8. The lowest BCUT2D eigenvalue weighted by molar-refractivity contribution is -0.118. The van der Waals surface area contributed by atoms with Gasteiger partial charge in [0.2, 0.25) is 0 Å². The minimum Gasteiger partial charge on any atom is -0.365 e. The van der Waals surface area contributed by atoms with Crippen LogP contribution in [0.3, 0.4) is 0 Å². The number of hydrogen-bond donors (Lipinski definition) is 1. The highest BCUT2D eigenvalue weighted by Gasteiger charge is 2.03. The molecule has 2 nitrogen and oxygen atoms in total. The molecule has 120 valence electrons. The van der Waals surface area contributed by atoms with Gasteiger partial charge >= 0.3 is 0 Å². The van der Waals surface area contributed by atoms with Gasteiger partial charge in [0.1, 0.15) is 5.78 Å². The van der Waals surface area contributed by atoms with E-state index in [0.29, 0.717) is 12.2 Å². The molecule has 0 atom stereocenters. The Morgan fingerprint density at radius 2 is 1.48 bits per heavy atom. The summed E-state index contributed by atoms with van der Waals surface area (Å²) in [5, 5.41) is 0. The predicted molar refractivity (Wildman–Crippen MR) is 90.6 cm³/mol. The molecule has 0 aromatic carbocycles. The third kappa shape index (κ3) is 10.3. The lowest BCUT2D eigenvalue weighted by Gasteiger charge is -2.02. The molecule has 0 saturated carbocycles. The van der Waals surface area contributed by atoms with Gasteiger partial charge in [0.25, 0.3) is 0 Å². The first-order valence-corrected chi connectivity index (χ1v) is 8.97. The summed E-state index contributed by atoms with van der Waals surface area (Å²) < 4.78 is 0. The maximum atomic E-state index is 11.8. The molecule has 1 N–H and O–H groups in total. The second-order valence-electron chi connectivity index (χ2n) is 6.20. The summed E-state index contributed by atoms with van der Waals surface area (Å²) in [6.45, 7) is 2.27. The summed E-state index contributed by atoms with van der Waals surface area (Å²) >= 11 is 0. The van der Waals surface area contributed by atoms with Crippen LogP contribution in [0.1, 0.15) is 89.7 Å². The molecular formula is C19H33NO. The van der Waals surface area contributed by atoms with Crippen LogP contribution in [-0.2, 0) is 11.2 Å². The number of aromatic nitrogens is 1. The number of H-pyrrole nitrogens is 1. The number of rotatable bonds is 14. The normalized spacial score (nSPS) is 10.9. The Morgan fingerprint density at radius 3 is 2.00 bits per heavy atom. The van der Waals surface area contributed by atoms with E-state index in [1.165, 1.54) is 64.2 Å². The number of hydrogen-bond acceptors (Lipinski definition) is 1. The summed E-state index contributed by atoms with van der Waals surface area (Å²) in [7, 11) is 0. The van der Waals surface area contributed by atoms with Crippen LogP contribution in [0.25, 0.3) is 0 Å². The van der Waals surface area contributed by atoms with Gasteiger partial charge in [0.05, 0.1) is 0 Å². The van der Waals surface area contributed by atoms with Crippen LogP contribution in [0, 0.1) is 0 Å². The second kappa shape index (κ2) is 12.7. The highest BCUT2D eigenvalue weighted by Crippen LogP contribution is 2.12. The van der Waals surface area contributed by atoms with E-state index in [1.807, 2.05) is 18.3 Å². The molecule has 1 rings (SSSR count). The lowest BCUT2D eigenvalue weighted by atomic mass is 10.0. The average Bonchev–Trinajstić information content (AvgIpc) is 2.97. The lowest BCUT2D eigenvalue weighted by Crippen LogP contribution is -2.02. The quantitative estimate of drug-likeness (QED) is 0.430. The Bertz CT molecular complexity index is 342. The van der Waals surface area contributed by atoms with Gasteiger partial charge < -0.3 is 4.98 Å². The van der Waals surface area contributed by atoms with Gasteiger partial charge in [-0.1, -0.05) is 71.1 Å². The van der Waals surface area contributed by atoms with E-state index in [1.54, 1.807) is 0 Å². The van der Waals surface area contributed by atoms with Crippen molar-refractivity contribution in [3.05, 3.63) is 24.0 Å². The van der Waals surface area contributed by atoms with Crippen LogP contribution in [0.5, 0.6) is 0 Å². The summed E-state index contributed by atoms with van der Waals surface area (Å²) in [6.07, 6.45) is 17.9. The number of ketones is 1. The molecule has 0 radical (unpaired) electrons. The average molecular weight is 291 g/mol. The molecular weight excluding hydrogens is 258 g/mol. The summed E-state index contributed by atoms with van der Waals surface area (Å²) in [5.74, 6) is 0.369. The van der Waals surface area contributed by atoms with Crippen LogP contribution < -0.4 is 0 Å². The van der Waals surface area contributed by atoms with Crippen LogP contribution >= 0.6 is 0 Å². The molecule has 0 spiro atoms. The highest BCUT2D eigenvalue weighted by atomic mass is 16.1. The minimum absolute atomic E-state index is 0.369. The molecule has 1 aromatic heterocycles. The van der Waals surface area contributed by atoms with Crippen LogP contribution in [0.2, 0.25) is 0 Å². The molecule has 0 aliphatic heterocycles. The zero-order chi connectivity index (χ0) is 15.2. The van der Waals surface area contributed by atoms with E-state index in [9.17, 15) is 4.79 Å². The van der Waals surface area contributed by atoms with E-state index in [4.69, 9.17) is 0 Å². The molecule has 1 aromatic rings. The Morgan fingerprint density at radius 1 is 0.905 bits per heavy atom. The summed E-state index contributed by atoms with van der Waals surface area (Å²) in [6, 6.07) is 3.93. The van der Waals surface area contributed by atoms with Crippen molar-refractivity contribution in [1.82, 2.24) is 4.98 Å². The Balaban J connectivity index is 1.81. The SMILES string of the molecule is CCCCCCCCCCCCCC(=O)Cc1ccc[nH]1. The third-order valence-electron chi connectivity index (χ3n) is 4.11. The smallest absolute Gasteiger partial charge is 0.138 e. The zero-order valence-electron chi connectivity index (χ0n) is 13.8. The fourth-order valence-electron chi connectivity index (χ4n) is 2.76. The van der Waals surface area contributed by atoms with E-state index in [-0.39, 0.29) is 0 Å². The molecule has 0 aliphatic rings. The number of carbonyl (C=O) groups is 1. The highest BCUT2D eigenvalue weighted by molar-refractivity contribution is 5.80. The molecule has 21 heavy (non-hydrogen) atoms. The number of aromatic amines is 1. The Labute approximate surface area is 130 Å². The van der Waals surface area contributed by atoms with Crippen molar-refractivity contribution in [1.29, 1.82) is 0 Å². The van der Waals surface area contributed by atoms with Gasteiger partial charge in [-0.3, -0.25) is 4.79 Å². The number of carbonyl (C=O) groups excluding carboxylic acids is 1.